The van der Waals surface area contributed by atoms with E-state index in [4.69, 9.17) is 0 Å². The van der Waals surface area contributed by atoms with Crippen molar-refractivity contribution in [3.63, 3.8) is 0 Å². The molecule has 0 radical (unpaired) electrons. The molecule has 2 unspecified atom stereocenters. The quantitative estimate of drug-likeness (QED) is 0.711. The summed E-state index contributed by atoms with van der Waals surface area (Å²) in [6.45, 7) is 11.1. The topological polar surface area (TPSA) is 61.4 Å². The van der Waals surface area contributed by atoms with Crippen LogP contribution in [0.2, 0.25) is 0 Å². The van der Waals surface area contributed by atoms with Crippen LogP contribution >= 0.6 is 0 Å². The summed E-state index contributed by atoms with van der Waals surface area (Å²) in [5, 5.41) is 6.29. The molecular weight excluding hydrogens is 357 g/mol. The van der Waals surface area contributed by atoms with E-state index in [-0.39, 0.29) is 18.2 Å². The Bertz CT molecular complexity index is 697. The number of amides is 1. The molecule has 0 bridgehead atoms. The minimum atomic E-state index is -0.413. The smallest absolute Gasteiger partial charge is 0.251 e. The van der Waals surface area contributed by atoms with Crippen molar-refractivity contribution in [2.75, 3.05) is 18.0 Å². The van der Waals surface area contributed by atoms with E-state index in [2.05, 4.69) is 36.3 Å². The van der Waals surface area contributed by atoms with Crippen LogP contribution in [0, 0.1) is 12.7 Å². The second-order valence-electron chi connectivity index (χ2n) is 7.88. The van der Waals surface area contributed by atoms with Gasteiger partial charge >= 0.3 is 0 Å². The predicted molar refractivity (Wildman–Crippen MR) is 111 cm³/mol. The maximum Gasteiger partial charge on any atom is 0.251 e. The van der Waals surface area contributed by atoms with Crippen molar-refractivity contribution in [2.45, 2.75) is 78.4 Å². The largest absolute Gasteiger partial charge is 0.368 e. The molecule has 1 amide bonds. The maximum absolute atomic E-state index is 14.4. The van der Waals surface area contributed by atoms with Crippen LogP contribution in [0.15, 0.2) is 12.1 Å². The lowest BCUT2D eigenvalue weighted by Gasteiger charge is -2.41. The van der Waals surface area contributed by atoms with E-state index in [0.29, 0.717) is 36.5 Å². The van der Waals surface area contributed by atoms with Gasteiger partial charge in [-0.3, -0.25) is 9.59 Å². The molecule has 3 atom stereocenters. The highest BCUT2D eigenvalue weighted by Gasteiger charge is 2.29. The van der Waals surface area contributed by atoms with Crippen molar-refractivity contribution < 1.29 is 14.0 Å². The standard InChI is InChI=1S/C22H34FN3O2/c1-6-19(27)8-9-24-22(28)20-12-17(23)13-21(16(20)5)26(7-2)18-10-14(3)25-15(4)11-18/h12-15,18,25H,6-11H2,1-5H3,(H,24,28)/t14-,15?,18?/m1/s1. The van der Waals surface area contributed by atoms with E-state index < -0.39 is 5.82 Å². The third-order valence-electron chi connectivity index (χ3n) is 5.58. The number of benzene rings is 1. The lowest BCUT2D eigenvalue weighted by atomic mass is 9.92. The fourth-order valence-electron chi connectivity index (χ4n) is 4.20. The molecule has 156 valence electrons. The third kappa shape index (κ3) is 5.53. The van der Waals surface area contributed by atoms with Gasteiger partial charge in [-0.15, -0.1) is 0 Å². The van der Waals surface area contributed by atoms with E-state index in [1.807, 2.05) is 6.92 Å². The van der Waals surface area contributed by atoms with Crippen LogP contribution in [0.25, 0.3) is 0 Å². The van der Waals surface area contributed by atoms with Gasteiger partial charge in [0.1, 0.15) is 11.6 Å². The summed E-state index contributed by atoms with van der Waals surface area (Å²) in [4.78, 5) is 26.3. The first kappa shape index (κ1) is 22.3. The molecule has 2 N–H and O–H groups in total. The number of hydrogen-bond acceptors (Lipinski definition) is 4. The number of carbonyl (C=O) groups excluding carboxylic acids is 2. The van der Waals surface area contributed by atoms with Gasteiger partial charge in [-0.1, -0.05) is 6.92 Å². The zero-order valence-corrected chi connectivity index (χ0v) is 17.8. The fraction of sp³-hybridized carbons (Fsp3) is 0.636. The number of piperidine rings is 1. The van der Waals surface area contributed by atoms with E-state index in [1.165, 1.54) is 12.1 Å². The van der Waals surface area contributed by atoms with Crippen molar-refractivity contribution in [1.82, 2.24) is 10.6 Å². The summed E-state index contributed by atoms with van der Waals surface area (Å²) >= 11 is 0. The highest BCUT2D eigenvalue weighted by molar-refractivity contribution is 5.97. The molecule has 6 heteroatoms. The summed E-state index contributed by atoms with van der Waals surface area (Å²) in [6.07, 6.45) is 2.72. The summed E-state index contributed by atoms with van der Waals surface area (Å²) in [7, 11) is 0. The van der Waals surface area contributed by atoms with Gasteiger partial charge in [-0.25, -0.2) is 4.39 Å². The average Bonchev–Trinajstić information content (AvgIpc) is 2.63. The predicted octanol–water partition coefficient (Wildman–Crippen LogP) is 3.59. The Balaban J connectivity index is 2.24. The Morgan fingerprint density at radius 3 is 2.43 bits per heavy atom. The number of hydrogen-bond donors (Lipinski definition) is 2. The number of carbonyl (C=O) groups is 2. The Hall–Kier alpha value is -1.95. The van der Waals surface area contributed by atoms with Crippen LogP contribution in [0.1, 0.15) is 69.3 Å². The van der Waals surface area contributed by atoms with Crippen LogP contribution in [0.4, 0.5) is 10.1 Å². The first-order chi connectivity index (χ1) is 13.3. The maximum atomic E-state index is 14.4. The molecule has 1 aromatic carbocycles. The zero-order valence-electron chi connectivity index (χ0n) is 17.8. The Morgan fingerprint density at radius 1 is 1.21 bits per heavy atom. The number of nitrogens with zero attached hydrogens (tertiary/aromatic N) is 1. The lowest BCUT2D eigenvalue weighted by Crippen LogP contribution is -2.51. The van der Waals surface area contributed by atoms with E-state index in [1.54, 1.807) is 6.92 Å². The molecule has 28 heavy (non-hydrogen) atoms. The minimum absolute atomic E-state index is 0.100. The van der Waals surface area contributed by atoms with Crippen molar-refractivity contribution in [3.8, 4) is 0 Å². The van der Waals surface area contributed by atoms with Gasteiger partial charge in [0.05, 0.1) is 0 Å². The summed E-state index contributed by atoms with van der Waals surface area (Å²) in [5.41, 5.74) is 1.90. The first-order valence-corrected chi connectivity index (χ1v) is 10.4. The van der Waals surface area contributed by atoms with Gasteiger partial charge in [0.25, 0.3) is 5.91 Å². The van der Waals surface area contributed by atoms with Gasteiger partial charge in [0.2, 0.25) is 0 Å². The number of Topliss-reactive ketones (excluding diaryl/α,β-unsaturated/α-hetero) is 1. The molecule has 1 heterocycles. The first-order valence-electron chi connectivity index (χ1n) is 10.4. The van der Waals surface area contributed by atoms with E-state index >= 15 is 0 Å². The molecule has 1 aliphatic rings. The molecule has 1 aromatic rings. The zero-order chi connectivity index (χ0) is 20.8. The molecule has 5 nitrogen and oxygen atoms in total. The minimum Gasteiger partial charge on any atom is -0.368 e. The van der Waals surface area contributed by atoms with Crippen LogP contribution < -0.4 is 15.5 Å². The number of ketones is 1. The second-order valence-corrected chi connectivity index (χ2v) is 7.88. The molecule has 0 aromatic heterocycles. The normalized spacial score (nSPS) is 22.0. The van der Waals surface area contributed by atoms with Crippen LogP contribution in [-0.2, 0) is 4.79 Å². The molecule has 1 saturated heterocycles. The molecule has 0 aliphatic carbocycles. The Morgan fingerprint density at radius 2 is 1.86 bits per heavy atom. The average molecular weight is 392 g/mol. The highest BCUT2D eigenvalue weighted by atomic mass is 19.1. The lowest BCUT2D eigenvalue weighted by molar-refractivity contribution is -0.118. The molecular formula is C22H34FN3O2. The Kier molecular flexibility index (Phi) is 7.98. The third-order valence-corrected chi connectivity index (χ3v) is 5.58. The molecule has 1 fully saturated rings. The van der Waals surface area contributed by atoms with Crippen LogP contribution in [0.3, 0.4) is 0 Å². The molecule has 0 spiro atoms. The molecule has 1 aliphatic heterocycles. The summed E-state index contributed by atoms with van der Waals surface area (Å²) in [6, 6.07) is 3.92. The number of halogens is 1. The fourth-order valence-corrected chi connectivity index (χ4v) is 4.20. The van der Waals surface area contributed by atoms with Crippen LogP contribution in [0.5, 0.6) is 0 Å². The number of nitrogens with one attached hydrogen (secondary N) is 2. The summed E-state index contributed by atoms with van der Waals surface area (Å²) < 4.78 is 14.4. The SMILES string of the molecule is CCC(=O)CCNC(=O)c1cc(F)cc(N(CC)C2CC(C)N[C@H](C)C2)c1C. The highest BCUT2D eigenvalue weighted by Crippen LogP contribution is 2.30. The second kappa shape index (κ2) is 10.0. The van der Waals surface area contributed by atoms with Crippen molar-refractivity contribution >= 4 is 17.4 Å². The number of anilines is 1. The van der Waals surface area contributed by atoms with Crippen molar-refractivity contribution in [2.24, 2.45) is 0 Å². The van der Waals surface area contributed by atoms with Gasteiger partial charge in [0.15, 0.2) is 0 Å². The molecule has 0 saturated carbocycles. The van der Waals surface area contributed by atoms with E-state index in [0.717, 1.165) is 30.6 Å². The van der Waals surface area contributed by atoms with E-state index in [9.17, 15) is 14.0 Å². The number of rotatable bonds is 8. The van der Waals surface area contributed by atoms with Gasteiger partial charge in [0, 0.05) is 55.3 Å². The van der Waals surface area contributed by atoms with Crippen molar-refractivity contribution in [1.29, 1.82) is 0 Å². The van der Waals surface area contributed by atoms with Gasteiger partial charge in [-0.2, -0.15) is 0 Å². The summed E-state index contributed by atoms with van der Waals surface area (Å²) in [5.74, 6) is -0.641. The van der Waals surface area contributed by atoms with Gasteiger partial charge in [-0.05, 0) is 58.2 Å². The molecule has 2 rings (SSSR count). The monoisotopic (exact) mass is 391 g/mol. The van der Waals surface area contributed by atoms with Gasteiger partial charge < -0.3 is 15.5 Å². The Labute approximate surface area is 168 Å². The van der Waals surface area contributed by atoms with Crippen molar-refractivity contribution in [3.05, 3.63) is 29.1 Å². The van der Waals surface area contributed by atoms with Crippen LogP contribution in [-0.4, -0.2) is 42.9 Å².